The minimum atomic E-state index is -0.169. The second-order valence-electron chi connectivity index (χ2n) is 5.24. The van der Waals surface area contributed by atoms with Crippen LogP contribution in [-0.2, 0) is 6.42 Å². The van der Waals surface area contributed by atoms with Crippen molar-refractivity contribution in [3.05, 3.63) is 46.7 Å². The van der Waals surface area contributed by atoms with Crippen LogP contribution in [0.5, 0.6) is 5.75 Å². The molecule has 2 aromatic rings. The molecule has 0 bridgehead atoms. The van der Waals surface area contributed by atoms with Crippen molar-refractivity contribution >= 4 is 11.6 Å². The molecular weight excluding hydrogens is 286 g/mol. The maximum absolute atomic E-state index is 6.30. The van der Waals surface area contributed by atoms with Gasteiger partial charge in [0.15, 0.2) is 0 Å². The van der Waals surface area contributed by atoms with Crippen LogP contribution in [0.25, 0.3) is 0 Å². The molecule has 2 unspecified atom stereocenters. The third-order valence-electron chi connectivity index (χ3n) is 3.73. The summed E-state index contributed by atoms with van der Waals surface area (Å²) in [5.41, 5.74) is 8.23. The van der Waals surface area contributed by atoms with E-state index in [1.165, 1.54) is 0 Å². The maximum atomic E-state index is 6.30. The number of rotatable bonds is 6. The molecule has 0 saturated heterocycles. The van der Waals surface area contributed by atoms with E-state index in [4.69, 9.17) is 22.1 Å². The quantitative estimate of drug-likeness (QED) is 0.884. The number of benzene rings is 1. The zero-order valence-corrected chi connectivity index (χ0v) is 13.5. The van der Waals surface area contributed by atoms with E-state index < -0.39 is 0 Å². The number of ether oxygens (including phenoxy) is 1. The SMILES string of the molecule is CCC(C)n1ccc(CC(N)c2ccc(Cl)cc2OC)n1. The lowest BCUT2D eigenvalue weighted by molar-refractivity contribution is 0.405. The first kappa shape index (κ1) is 15.9. The summed E-state index contributed by atoms with van der Waals surface area (Å²) in [6.07, 6.45) is 3.73. The summed E-state index contributed by atoms with van der Waals surface area (Å²) >= 11 is 5.98. The van der Waals surface area contributed by atoms with Gasteiger partial charge >= 0.3 is 0 Å². The predicted octanol–water partition coefficient (Wildman–Crippen LogP) is 3.76. The van der Waals surface area contributed by atoms with Gasteiger partial charge < -0.3 is 10.5 Å². The van der Waals surface area contributed by atoms with E-state index in [0.717, 1.165) is 23.4 Å². The Morgan fingerprint density at radius 1 is 1.38 bits per heavy atom. The van der Waals surface area contributed by atoms with Gasteiger partial charge in [0.25, 0.3) is 0 Å². The van der Waals surface area contributed by atoms with Gasteiger partial charge in [0, 0.05) is 35.3 Å². The molecule has 1 aromatic heterocycles. The Morgan fingerprint density at radius 2 is 2.14 bits per heavy atom. The van der Waals surface area contributed by atoms with E-state index in [2.05, 4.69) is 18.9 Å². The number of halogens is 1. The van der Waals surface area contributed by atoms with Crippen molar-refractivity contribution in [3.63, 3.8) is 0 Å². The van der Waals surface area contributed by atoms with Crippen LogP contribution in [0.1, 0.15) is 43.6 Å². The third kappa shape index (κ3) is 3.77. The van der Waals surface area contributed by atoms with Crippen LogP contribution in [0, 0.1) is 0 Å². The molecule has 2 rings (SSSR count). The zero-order chi connectivity index (χ0) is 15.4. The fourth-order valence-corrected chi connectivity index (χ4v) is 2.41. The Bertz CT molecular complexity index is 597. The number of nitrogens with two attached hydrogens (primary N) is 1. The Morgan fingerprint density at radius 3 is 2.81 bits per heavy atom. The number of aromatic nitrogens is 2. The van der Waals surface area contributed by atoms with Crippen LogP contribution in [0.3, 0.4) is 0 Å². The van der Waals surface area contributed by atoms with Crippen molar-refractivity contribution in [1.29, 1.82) is 0 Å². The first-order valence-corrected chi connectivity index (χ1v) is 7.56. The average molecular weight is 308 g/mol. The first-order chi connectivity index (χ1) is 10.0. The molecule has 114 valence electrons. The second kappa shape index (κ2) is 6.96. The largest absolute Gasteiger partial charge is 0.496 e. The van der Waals surface area contributed by atoms with E-state index in [1.807, 2.05) is 29.1 Å². The minimum absolute atomic E-state index is 0.169. The molecular formula is C16H22ClN3O. The Balaban J connectivity index is 2.14. The normalized spacial score (nSPS) is 14.0. The summed E-state index contributed by atoms with van der Waals surface area (Å²) in [7, 11) is 1.62. The van der Waals surface area contributed by atoms with E-state index in [9.17, 15) is 0 Å². The van der Waals surface area contributed by atoms with Gasteiger partial charge in [-0.3, -0.25) is 4.68 Å². The highest BCUT2D eigenvalue weighted by molar-refractivity contribution is 6.30. The molecule has 0 aliphatic carbocycles. The molecule has 0 saturated carbocycles. The molecule has 1 heterocycles. The van der Waals surface area contributed by atoms with Gasteiger partial charge in [-0.25, -0.2) is 0 Å². The van der Waals surface area contributed by atoms with Crippen LogP contribution in [0.2, 0.25) is 5.02 Å². The number of hydrogen-bond donors (Lipinski definition) is 1. The minimum Gasteiger partial charge on any atom is -0.496 e. The van der Waals surface area contributed by atoms with E-state index in [-0.39, 0.29) is 6.04 Å². The summed E-state index contributed by atoms with van der Waals surface area (Å²) in [4.78, 5) is 0. The second-order valence-corrected chi connectivity index (χ2v) is 5.68. The van der Waals surface area contributed by atoms with Crippen molar-refractivity contribution in [1.82, 2.24) is 9.78 Å². The van der Waals surface area contributed by atoms with Gasteiger partial charge in [0.05, 0.1) is 12.8 Å². The molecule has 0 aliphatic heterocycles. The van der Waals surface area contributed by atoms with Gasteiger partial charge in [-0.15, -0.1) is 0 Å². The van der Waals surface area contributed by atoms with Gasteiger partial charge in [-0.2, -0.15) is 5.10 Å². The predicted molar refractivity (Wildman–Crippen MR) is 85.9 cm³/mol. The Labute approximate surface area is 130 Å². The molecule has 0 radical (unpaired) electrons. The maximum Gasteiger partial charge on any atom is 0.125 e. The average Bonchev–Trinajstić information content (AvgIpc) is 2.94. The van der Waals surface area contributed by atoms with Gasteiger partial charge in [-0.05, 0) is 31.5 Å². The Kier molecular flexibility index (Phi) is 5.26. The summed E-state index contributed by atoms with van der Waals surface area (Å²) in [6.45, 7) is 4.30. The Hall–Kier alpha value is -1.52. The molecule has 21 heavy (non-hydrogen) atoms. The van der Waals surface area contributed by atoms with Crippen molar-refractivity contribution in [2.24, 2.45) is 5.73 Å². The molecule has 0 fully saturated rings. The van der Waals surface area contributed by atoms with Gasteiger partial charge in [0.1, 0.15) is 5.75 Å². The monoisotopic (exact) mass is 307 g/mol. The highest BCUT2D eigenvalue weighted by Crippen LogP contribution is 2.28. The standard InChI is InChI=1S/C16H22ClN3O/c1-4-11(2)20-8-7-13(19-20)10-15(18)14-6-5-12(17)9-16(14)21-3/h5-9,11,15H,4,10,18H2,1-3H3. The fourth-order valence-electron chi connectivity index (χ4n) is 2.25. The molecule has 5 heteroatoms. The number of nitrogens with zero attached hydrogens (tertiary/aromatic N) is 2. The smallest absolute Gasteiger partial charge is 0.125 e. The topological polar surface area (TPSA) is 53.1 Å². The van der Waals surface area contributed by atoms with Crippen LogP contribution in [-0.4, -0.2) is 16.9 Å². The van der Waals surface area contributed by atoms with E-state index >= 15 is 0 Å². The van der Waals surface area contributed by atoms with Crippen molar-refractivity contribution < 1.29 is 4.74 Å². The zero-order valence-electron chi connectivity index (χ0n) is 12.7. The molecule has 0 aliphatic rings. The van der Waals surface area contributed by atoms with Crippen molar-refractivity contribution in [2.75, 3.05) is 7.11 Å². The van der Waals surface area contributed by atoms with Gasteiger partial charge in [0.2, 0.25) is 0 Å². The molecule has 2 atom stereocenters. The first-order valence-electron chi connectivity index (χ1n) is 7.18. The number of hydrogen-bond acceptors (Lipinski definition) is 3. The molecule has 0 spiro atoms. The van der Waals surface area contributed by atoms with Crippen LogP contribution >= 0.6 is 11.6 Å². The molecule has 4 nitrogen and oxygen atoms in total. The van der Waals surface area contributed by atoms with Crippen molar-refractivity contribution in [3.8, 4) is 5.75 Å². The summed E-state index contributed by atoms with van der Waals surface area (Å²) in [5.74, 6) is 0.719. The van der Waals surface area contributed by atoms with E-state index in [0.29, 0.717) is 17.5 Å². The highest BCUT2D eigenvalue weighted by atomic mass is 35.5. The van der Waals surface area contributed by atoms with Crippen molar-refractivity contribution in [2.45, 2.75) is 38.8 Å². The van der Waals surface area contributed by atoms with Crippen LogP contribution in [0.4, 0.5) is 0 Å². The van der Waals surface area contributed by atoms with Gasteiger partial charge in [-0.1, -0.05) is 24.6 Å². The summed E-state index contributed by atoms with van der Waals surface area (Å²) in [5, 5.41) is 5.23. The van der Waals surface area contributed by atoms with E-state index in [1.54, 1.807) is 13.2 Å². The summed E-state index contributed by atoms with van der Waals surface area (Å²) in [6, 6.07) is 7.79. The van der Waals surface area contributed by atoms with Crippen LogP contribution < -0.4 is 10.5 Å². The molecule has 2 N–H and O–H groups in total. The highest BCUT2D eigenvalue weighted by Gasteiger charge is 2.15. The fraction of sp³-hybridized carbons (Fsp3) is 0.438. The lowest BCUT2D eigenvalue weighted by atomic mass is 10.0. The molecule has 1 aromatic carbocycles. The van der Waals surface area contributed by atoms with Crippen LogP contribution in [0.15, 0.2) is 30.5 Å². The molecule has 0 amide bonds. The lowest BCUT2D eigenvalue weighted by Crippen LogP contribution is -2.15. The lowest BCUT2D eigenvalue weighted by Gasteiger charge is -2.15. The number of methoxy groups -OCH3 is 1. The third-order valence-corrected chi connectivity index (χ3v) is 3.97. The summed E-state index contributed by atoms with van der Waals surface area (Å²) < 4.78 is 7.34.